The van der Waals surface area contributed by atoms with Crippen molar-refractivity contribution in [2.45, 2.75) is 45.1 Å². The number of hydrogen-bond donors (Lipinski definition) is 1. The van der Waals surface area contributed by atoms with E-state index in [0.29, 0.717) is 12.5 Å². The van der Waals surface area contributed by atoms with E-state index in [1.165, 1.54) is 42.3 Å². The summed E-state index contributed by atoms with van der Waals surface area (Å²) in [6, 6.07) is 0. The maximum absolute atomic E-state index is 5.87. The molecule has 2 aromatic rings. The first-order valence-corrected chi connectivity index (χ1v) is 6.73. The second-order valence-corrected chi connectivity index (χ2v) is 5.31. The molecule has 0 radical (unpaired) electrons. The Morgan fingerprint density at radius 1 is 1.33 bits per heavy atom. The Hall–Kier alpha value is -1.42. The molecule has 1 fully saturated rings. The van der Waals surface area contributed by atoms with E-state index in [0.717, 1.165) is 11.5 Å². The summed E-state index contributed by atoms with van der Waals surface area (Å²) in [4.78, 5) is 9.30. The summed E-state index contributed by atoms with van der Waals surface area (Å²) >= 11 is 0. The fraction of sp³-hybridized carbons (Fsp3) is 0.571. The van der Waals surface area contributed by atoms with Gasteiger partial charge in [-0.05, 0) is 25.3 Å². The Bertz CT molecular complexity index is 579. The van der Waals surface area contributed by atoms with E-state index in [9.17, 15) is 0 Å². The van der Waals surface area contributed by atoms with E-state index in [1.807, 2.05) is 14.0 Å². The van der Waals surface area contributed by atoms with Crippen molar-refractivity contribution in [2.24, 2.45) is 12.8 Å². The first-order chi connectivity index (χ1) is 8.70. The van der Waals surface area contributed by atoms with Crippen LogP contribution in [0.4, 0.5) is 0 Å². The standard InChI is InChI=1S/C14H20N4/c1-9-16-13(10-5-3-4-6-10)12-11(7-15)8-18(2)14(12)17-9/h8,10H,3-7,15H2,1-2H3. The molecule has 1 aliphatic carbocycles. The van der Waals surface area contributed by atoms with Gasteiger partial charge in [-0.25, -0.2) is 9.97 Å². The lowest BCUT2D eigenvalue weighted by Gasteiger charge is -2.12. The maximum Gasteiger partial charge on any atom is 0.143 e. The number of nitrogens with two attached hydrogens (primary N) is 1. The van der Waals surface area contributed by atoms with Crippen molar-refractivity contribution in [1.82, 2.24) is 14.5 Å². The van der Waals surface area contributed by atoms with E-state index in [-0.39, 0.29) is 0 Å². The molecule has 2 aromatic heterocycles. The van der Waals surface area contributed by atoms with Gasteiger partial charge in [0, 0.05) is 31.1 Å². The predicted molar refractivity (Wildman–Crippen MR) is 72.3 cm³/mol. The van der Waals surface area contributed by atoms with Crippen molar-refractivity contribution in [3.05, 3.63) is 23.3 Å². The quantitative estimate of drug-likeness (QED) is 0.882. The number of hydrogen-bond acceptors (Lipinski definition) is 3. The first kappa shape index (κ1) is 11.7. The van der Waals surface area contributed by atoms with Crippen LogP contribution < -0.4 is 5.73 Å². The van der Waals surface area contributed by atoms with Crippen molar-refractivity contribution in [1.29, 1.82) is 0 Å². The molecule has 3 rings (SSSR count). The Kier molecular flexibility index (Phi) is 2.82. The minimum Gasteiger partial charge on any atom is -0.335 e. The summed E-state index contributed by atoms with van der Waals surface area (Å²) in [5.41, 5.74) is 9.31. The van der Waals surface area contributed by atoms with E-state index in [2.05, 4.69) is 15.7 Å². The van der Waals surface area contributed by atoms with Gasteiger partial charge >= 0.3 is 0 Å². The highest BCUT2D eigenvalue weighted by Gasteiger charge is 2.24. The zero-order valence-electron chi connectivity index (χ0n) is 11.1. The molecule has 1 aliphatic rings. The summed E-state index contributed by atoms with van der Waals surface area (Å²) in [6.45, 7) is 2.54. The Morgan fingerprint density at radius 3 is 2.72 bits per heavy atom. The molecular weight excluding hydrogens is 224 g/mol. The van der Waals surface area contributed by atoms with Crippen LogP contribution in [0.25, 0.3) is 11.0 Å². The molecule has 96 valence electrons. The van der Waals surface area contributed by atoms with E-state index >= 15 is 0 Å². The fourth-order valence-electron chi connectivity index (χ4n) is 3.15. The lowest BCUT2D eigenvalue weighted by Crippen LogP contribution is -2.04. The SMILES string of the molecule is Cc1nc(C2CCCC2)c2c(CN)cn(C)c2n1. The van der Waals surface area contributed by atoms with Gasteiger partial charge < -0.3 is 10.3 Å². The van der Waals surface area contributed by atoms with E-state index in [1.54, 1.807) is 0 Å². The topological polar surface area (TPSA) is 56.7 Å². The van der Waals surface area contributed by atoms with Crippen molar-refractivity contribution in [3.63, 3.8) is 0 Å². The van der Waals surface area contributed by atoms with Crippen molar-refractivity contribution >= 4 is 11.0 Å². The van der Waals surface area contributed by atoms with Crippen molar-refractivity contribution in [3.8, 4) is 0 Å². The Morgan fingerprint density at radius 2 is 2.06 bits per heavy atom. The third-order valence-corrected chi connectivity index (χ3v) is 4.00. The average molecular weight is 244 g/mol. The molecule has 0 aromatic carbocycles. The van der Waals surface area contributed by atoms with Crippen LogP contribution in [0.1, 0.15) is 48.7 Å². The molecule has 0 aliphatic heterocycles. The van der Waals surface area contributed by atoms with E-state index in [4.69, 9.17) is 10.7 Å². The monoisotopic (exact) mass is 244 g/mol. The summed E-state index contributed by atoms with van der Waals surface area (Å²) in [5, 5.41) is 1.21. The van der Waals surface area contributed by atoms with Gasteiger partial charge in [-0.1, -0.05) is 12.8 Å². The normalized spacial score (nSPS) is 16.8. The Balaban J connectivity index is 2.27. The van der Waals surface area contributed by atoms with Gasteiger partial charge in [-0.3, -0.25) is 0 Å². The van der Waals surface area contributed by atoms with Gasteiger partial charge in [-0.2, -0.15) is 0 Å². The van der Waals surface area contributed by atoms with Crippen LogP contribution in [-0.4, -0.2) is 14.5 Å². The fourth-order valence-corrected chi connectivity index (χ4v) is 3.15. The van der Waals surface area contributed by atoms with Gasteiger partial charge in [0.05, 0.1) is 5.69 Å². The van der Waals surface area contributed by atoms with Crippen LogP contribution in [0.5, 0.6) is 0 Å². The zero-order chi connectivity index (χ0) is 12.7. The molecule has 0 atom stereocenters. The summed E-state index contributed by atoms with van der Waals surface area (Å²) in [6.07, 6.45) is 7.24. The summed E-state index contributed by atoms with van der Waals surface area (Å²) in [5.74, 6) is 1.47. The van der Waals surface area contributed by atoms with Crippen molar-refractivity contribution in [2.75, 3.05) is 0 Å². The first-order valence-electron chi connectivity index (χ1n) is 6.73. The van der Waals surface area contributed by atoms with Crippen LogP contribution in [0.15, 0.2) is 6.20 Å². The number of aryl methyl sites for hydroxylation is 2. The zero-order valence-corrected chi connectivity index (χ0v) is 11.1. The molecule has 2 N–H and O–H groups in total. The lowest BCUT2D eigenvalue weighted by molar-refractivity contribution is 0.697. The highest BCUT2D eigenvalue weighted by atomic mass is 15.0. The molecule has 1 saturated carbocycles. The molecule has 4 nitrogen and oxygen atoms in total. The lowest BCUT2D eigenvalue weighted by atomic mass is 9.99. The number of fused-ring (bicyclic) bond motifs is 1. The van der Waals surface area contributed by atoms with Crippen LogP contribution in [0.2, 0.25) is 0 Å². The number of aromatic nitrogens is 3. The predicted octanol–water partition coefficient (Wildman–Crippen LogP) is 2.39. The van der Waals surface area contributed by atoms with E-state index < -0.39 is 0 Å². The molecule has 0 spiro atoms. The van der Waals surface area contributed by atoms with Gasteiger partial charge in [0.2, 0.25) is 0 Å². The minimum absolute atomic E-state index is 0.559. The third-order valence-electron chi connectivity index (χ3n) is 4.00. The van der Waals surface area contributed by atoms with Crippen LogP contribution in [-0.2, 0) is 13.6 Å². The molecule has 0 saturated heterocycles. The number of rotatable bonds is 2. The van der Waals surface area contributed by atoms with Gasteiger partial charge in [-0.15, -0.1) is 0 Å². The van der Waals surface area contributed by atoms with Gasteiger partial charge in [0.25, 0.3) is 0 Å². The smallest absolute Gasteiger partial charge is 0.143 e. The molecule has 2 heterocycles. The molecule has 0 amide bonds. The maximum atomic E-state index is 5.87. The van der Waals surface area contributed by atoms with Gasteiger partial charge in [0.1, 0.15) is 11.5 Å². The van der Waals surface area contributed by atoms with Crippen LogP contribution >= 0.6 is 0 Å². The average Bonchev–Trinajstić information content (AvgIpc) is 2.97. The summed E-state index contributed by atoms with van der Waals surface area (Å²) in [7, 11) is 2.03. The second-order valence-electron chi connectivity index (χ2n) is 5.31. The largest absolute Gasteiger partial charge is 0.335 e. The molecule has 18 heavy (non-hydrogen) atoms. The second kappa shape index (κ2) is 4.35. The van der Waals surface area contributed by atoms with Crippen LogP contribution in [0, 0.1) is 6.92 Å². The molecule has 0 unspecified atom stereocenters. The highest BCUT2D eigenvalue weighted by molar-refractivity contribution is 5.83. The summed E-state index contributed by atoms with van der Waals surface area (Å²) < 4.78 is 2.07. The minimum atomic E-state index is 0.559. The van der Waals surface area contributed by atoms with Crippen LogP contribution in [0.3, 0.4) is 0 Å². The Labute approximate surface area is 107 Å². The molecule has 4 heteroatoms. The third kappa shape index (κ3) is 1.72. The number of nitrogens with zero attached hydrogens (tertiary/aromatic N) is 3. The molecular formula is C14H20N4. The van der Waals surface area contributed by atoms with Crippen molar-refractivity contribution < 1.29 is 0 Å². The highest BCUT2D eigenvalue weighted by Crippen LogP contribution is 2.37. The van der Waals surface area contributed by atoms with Gasteiger partial charge in [0.15, 0.2) is 0 Å². The molecule has 0 bridgehead atoms.